The molecule has 0 amide bonds. The van der Waals surface area contributed by atoms with E-state index < -0.39 is 220 Å². The Labute approximate surface area is 367 Å². The molecule has 2 unspecified atom stereocenters. The number of hydrogen-bond acceptors (Lipinski definition) is 26. The molecule has 0 saturated heterocycles. The van der Waals surface area contributed by atoms with Crippen LogP contribution in [0.25, 0.3) is 33.4 Å². The summed E-state index contributed by atoms with van der Waals surface area (Å²) in [6, 6.07) is 1.07. The first-order chi connectivity index (χ1) is 31.5. The first kappa shape index (κ1) is 42.7. The molecule has 26 nitrogen and oxygen atoms in total. The van der Waals surface area contributed by atoms with Crippen LogP contribution >= 0.6 is 0 Å². The predicted molar refractivity (Wildman–Crippen MR) is 206 cm³/mol. The molecule has 0 aliphatic carbocycles. The molecule has 0 saturated carbocycles. The summed E-state index contributed by atoms with van der Waals surface area (Å²) >= 11 is 0. The summed E-state index contributed by atoms with van der Waals surface area (Å²) in [5.41, 5.74) is -14.9. The molecule has 5 atom stereocenters. The van der Waals surface area contributed by atoms with Gasteiger partial charge in [0.15, 0.2) is 81.9 Å². The zero-order valence-corrected chi connectivity index (χ0v) is 32.6. The van der Waals surface area contributed by atoms with Gasteiger partial charge in [0.05, 0.1) is 27.8 Å². The van der Waals surface area contributed by atoms with E-state index in [1.807, 2.05) is 0 Å². The Morgan fingerprint density at radius 2 is 0.701 bits per heavy atom. The fraction of sp³-hybridized carbons (Fsp3) is 0.146. The highest BCUT2D eigenvalue weighted by Crippen LogP contribution is 2.62. The second kappa shape index (κ2) is 14.2. The molecule has 6 bridgehead atoms. The normalized spacial score (nSPS) is 20.6. The maximum absolute atomic E-state index is 15.0. The molecule has 0 spiro atoms. The van der Waals surface area contributed by atoms with E-state index in [1.54, 1.807) is 0 Å². The number of aromatic hydroxyl groups is 15. The van der Waals surface area contributed by atoms with Gasteiger partial charge in [-0.05, 0) is 18.2 Å². The van der Waals surface area contributed by atoms with Crippen LogP contribution in [0, 0.1) is 0 Å². The lowest BCUT2D eigenvalue weighted by molar-refractivity contribution is -0.154. The molecule has 0 radical (unpaired) electrons. The minimum atomic E-state index is -2.79. The van der Waals surface area contributed by atoms with E-state index in [-0.39, 0.29) is 0 Å². The number of ether oxygens (including phenoxy) is 5. The zero-order chi connectivity index (χ0) is 48.7. The number of phenols is 15. The van der Waals surface area contributed by atoms with Crippen molar-refractivity contribution < 1.29 is 129 Å². The zero-order valence-electron chi connectivity index (χ0n) is 32.6. The highest BCUT2D eigenvalue weighted by Gasteiger charge is 2.55. The maximum atomic E-state index is 15.0. The fourth-order valence-electron chi connectivity index (χ4n) is 8.39. The molecule has 5 heterocycles. The summed E-state index contributed by atoms with van der Waals surface area (Å²) in [5.74, 6) is -32.1. The van der Waals surface area contributed by atoms with Gasteiger partial charge in [0.25, 0.3) is 0 Å². The average molecular weight is 935 g/mol. The summed E-state index contributed by atoms with van der Waals surface area (Å²) in [5, 5.41) is 177. The molecule has 26 heteroatoms. The van der Waals surface area contributed by atoms with Crippen molar-refractivity contribution in [1.29, 1.82) is 0 Å². The Hall–Kier alpha value is -9.59. The molecular formula is C41H26O26. The Balaban J connectivity index is 1.44. The van der Waals surface area contributed by atoms with Crippen molar-refractivity contribution in [3.63, 3.8) is 0 Å². The van der Waals surface area contributed by atoms with Gasteiger partial charge < -0.3 is 105 Å². The number of carbonyl (C=O) groups is 5. The lowest BCUT2D eigenvalue weighted by atomic mass is 9.80. The number of esters is 5. The van der Waals surface area contributed by atoms with E-state index in [1.165, 1.54) is 0 Å². The van der Waals surface area contributed by atoms with Gasteiger partial charge in [0, 0.05) is 38.9 Å². The molecule has 5 aromatic rings. The second-order valence-electron chi connectivity index (χ2n) is 15.0. The highest BCUT2D eigenvalue weighted by molar-refractivity contribution is 6.16. The van der Waals surface area contributed by atoms with E-state index in [4.69, 9.17) is 23.7 Å². The van der Waals surface area contributed by atoms with E-state index in [0.29, 0.717) is 18.2 Å². The van der Waals surface area contributed by atoms with E-state index in [0.717, 1.165) is 0 Å². The number of benzene rings is 5. The molecule has 5 aliphatic heterocycles. The first-order valence-corrected chi connectivity index (χ1v) is 18.6. The Morgan fingerprint density at radius 1 is 0.343 bits per heavy atom. The van der Waals surface area contributed by atoms with Gasteiger partial charge in [-0.25, -0.2) is 24.0 Å². The maximum Gasteiger partial charge on any atom is 0.340 e. The van der Waals surface area contributed by atoms with E-state index >= 15 is 0 Å². The van der Waals surface area contributed by atoms with Gasteiger partial charge in [0.1, 0.15) is 12.7 Å². The van der Waals surface area contributed by atoms with Crippen LogP contribution in [0.1, 0.15) is 63.5 Å². The van der Waals surface area contributed by atoms with Crippen molar-refractivity contribution in [2.75, 3.05) is 6.61 Å². The van der Waals surface area contributed by atoms with Crippen LogP contribution in [-0.2, 0) is 23.7 Å². The number of rotatable bonds is 0. The van der Waals surface area contributed by atoms with Crippen molar-refractivity contribution in [2.45, 2.75) is 30.5 Å². The molecule has 5 aromatic carbocycles. The third-order valence-corrected chi connectivity index (χ3v) is 11.4. The summed E-state index contributed by atoms with van der Waals surface area (Å²) in [6.07, 6.45) is -13.4. The van der Waals surface area contributed by atoms with E-state index in [2.05, 4.69) is 0 Å². The highest BCUT2D eigenvalue weighted by atomic mass is 16.6. The van der Waals surface area contributed by atoms with Crippen molar-refractivity contribution in [1.82, 2.24) is 0 Å². The van der Waals surface area contributed by atoms with Gasteiger partial charge >= 0.3 is 29.8 Å². The number of carbonyl (C=O) groups excluding carboxylic acids is 5. The minimum absolute atomic E-state index is 0.323. The molecule has 16 N–H and O–H groups in total. The standard InChI is InChI=1S/C41H26O26/c42-8-1-5-12(24(48)21(8)45)13-6(2-9(43)22(46)25(13)49)39(60)65-34-11(4-63-37(5)58)64-38(59)7-3-10(44)23(47)26(50)14(7)15-18-16(28(52)32(56)27(15)51)17-19-20(30(54)33(57)29(17)53)31(55)35(66-41(19)62)36(34)67-40(18)61/h1-3,11,31,34-36,42-57H,4H2/t11?,31-,34-,35-,36?/m1/s1. The van der Waals surface area contributed by atoms with Crippen molar-refractivity contribution >= 4 is 29.8 Å². The molecule has 346 valence electrons. The third-order valence-electron chi connectivity index (χ3n) is 11.4. The Morgan fingerprint density at radius 3 is 1.21 bits per heavy atom. The molecule has 5 aliphatic rings. The molecule has 67 heavy (non-hydrogen) atoms. The van der Waals surface area contributed by atoms with Crippen molar-refractivity contribution in [2.24, 2.45) is 0 Å². The number of cyclic esters (lactones) is 1. The SMILES string of the molecule is O=C1OCC2OC(=O)c3cc(O)c(O)c(O)c3-c3c(O)c(O)c(O)c4c3C(=O)OC([C@@H]2OC(=O)c2cc(O)c(O)c(O)c2-c2c1cc(O)c(O)c2O)[C@@H]1OC(=O)c2c-4c(O)c(O)c(O)c2[C@H]1O. The number of fused-ring (bicyclic) bond motifs is 7. The van der Waals surface area contributed by atoms with Gasteiger partial charge in [-0.1, -0.05) is 0 Å². The van der Waals surface area contributed by atoms with Crippen LogP contribution in [-0.4, -0.2) is 143 Å². The van der Waals surface area contributed by atoms with Gasteiger partial charge in [0.2, 0.25) is 28.7 Å². The minimum Gasteiger partial charge on any atom is -0.504 e. The van der Waals surface area contributed by atoms with E-state index in [9.17, 15) is 106 Å². The topological polar surface area (TPSA) is 455 Å². The lowest BCUT2D eigenvalue weighted by Crippen LogP contribution is -2.56. The Bertz CT molecular complexity index is 3190. The average Bonchev–Trinajstić information content (AvgIpc) is 3.30. The van der Waals surface area contributed by atoms with Crippen LogP contribution < -0.4 is 0 Å². The second-order valence-corrected chi connectivity index (χ2v) is 15.0. The first-order valence-electron chi connectivity index (χ1n) is 18.6. The van der Waals surface area contributed by atoms with Crippen LogP contribution in [0.4, 0.5) is 0 Å². The number of hydrogen-bond donors (Lipinski definition) is 16. The smallest absolute Gasteiger partial charge is 0.340 e. The summed E-state index contributed by atoms with van der Waals surface area (Å²) in [7, 11) is 0. The van der Waals surface area contributed by atoms with Crippen LogP contribution in [0.5, 0.6) is 86.2 Å². The number of aliphatic hydroxyl groups excluding tert-OH is 1. The largest absolute Gasteiger partial charge is 0.504 e. The number of phenolic OH excluding ortho intramolecular Hbond substituents is 15. The van der Waals surface area contributed by atoms with Gasteiger partial charge in [-0.15, -0.1) is 0 Å². The van der Waals surface area contributed by atoms with Crippen molar-refractivity contribution in [3.8, 4) is 120 Å². The summed E-state index contributed by atoms with van der Waals surface area (Å²) in [6.45, 7) is -1.51. The quantitative estimate of drug-likeness (QED) is 0.0591. The summed E-state index contributed by atoms with van der Waals surface area (Å²) < 4.78 is 27.8. The van der Waals surface area contributed by atoms with Crippen LogP contribution in [0.3, 0.4) is 0 Å². The van der Waals surface area contributed by atoms with Gasteiger partial charge in [-0.3, -0.25) is 0 Å². The molecule has 0 fully saturated rings. The molecular weight excluding hydrogens is 908 g/mol. The van der Waals surface area contributed by atoms with Crippen molar-refractivity contribution in [3.05, 3.63) is 51.6 Å². The molecule has 10 rings (SSSR count). The van der Waals surface area contributed by atoms with Crippen LogP contribution in [0.2, 0.25) is 0 Å². The van der Waals surface area contributed by atoms with Crippen LogP contribution in [0.15, 0.2) is 18.2 Å². The monoisotopic (exact) mass is 934 g/mol. The Kier molecular flexibility index (Phi) is 9.05. The summed E-state index contributed by atoms with van der Waals surface area (Å²) in [4.78, 5) is 72.4. The lowest BCUT2D eigenvalue weighted by Gasteiger charge is -2.40. The predicted octanol–water partition coefficient (Wildman–Crippen LogP) is 1.32. The van der Waals surface area contributed by atoms with Gasteiger partial charge in [-0.2, -0.15) is 0 Å². The molecule has 0 aromatic heterocycles. The third kappa shape index (κ3) is 5.68. The fourth-order valence-corrected chi connectivity index (χ4v) is 8.39. The number of aliphatic hydroxyl groups is 1.